The first-order valence-corrected chi connectivity index (χ1v) is 10.9. The van der Waals surface area contributed by atoms with Gasteiger partial charge in [0.2, 0.25) is 0 Å². The number of phenols is 2. The molecule has 1 atom stereocenters. The van der Waals surface area contributed by atoms with Crippen LogP contribution in [0.1, 0.15) is 16.7 Å². The predicted molar refractivity (Wildman–Crippen MR) is 114 cm³/mol. The van der Waals surface area contributed by atoms with Crippen LogP contribution in [0.3, 0.4) is 0 Å². The maximum Gasteiger partial charge on any atom is 0.283 e. The summed E-state index contributed by atoms with van der Waals surface area (Å²) in [6.45, 7) is 0. The number of hydrogen-bond donors (Lipinski definition) is 3. The van der Waals surface area contributed by atoms with Gasteiger partial charge in [-0.1, -0.05) is 82.8 Å². The second-order valence-corrected chi connectivity index (χ2v) is 9.18. The van der Waals surface area contributed by atoms with Crippen LogP contribution in [0.5, 0.6) is 11.5 Å². The summed E-state index contributed by atoms with van der Waals surface area (Å²) < 4.78 is 34.0. The number of halogens is 4. The van der Waals surface area contributed by atoms with Crippen molar-refractivity contribution in [1.29, 1.82) is 0 Å². The summed E-state index contributed by atoms with van der Waals surface area (Å²) in [6, 6.07) is 12.3. The van der Waals surface area contributed by atoms with Crippen LogP contribution in [0.25, 0.3) is 0 Å². The molecule has 0 saturated carbocycles. The molecule has 10 heteroatoms. The van der Waals surface area contributed by atoms with E-state index in [0.29, 0.717) is 0 Å². The lowest BCUT2D eigenvalue weighted by Gasteiger charge is -2.33. The predicted octanol–water partition coefficient (Wildman–Crippen LogP) is 5.89. The van der Waals surface area contributed by atoms with E-state index in [-0.39, 0.29) is 42.5 Å². The summed E-state index contributed by atoms with van der Waals surface area (Å²) in [5, 5.41) is 19.0. The lowest BCUT2D eigenvalue weighted by Crippen LogP contribution is -2.38. The van der Waals surface area contributed by atoms with Crippen LogP contribution in [0.4, 0.5) is 0 Å². The van der Waals surface area contributed by atoms with Gasteiger partial charge in [-0.25, -0.2) is 0 Å². The molecule has 3 N–H and O–H groups in total. The molecule has 0 aliphatic carbocycles. The van der Waals surface area contributed by atoms with Gasteiger partial charge in [0.15, 0.2) is 4.75 Å². The first-order chi connectivity index (χ1) is 13.5. The topological polar surface area (TPSA) is 94.8 Å². The second kappa shape index (κ2) is 7.87. The summed E-state index contributed by atoms with van der Waals surface area (Å²) in [7, 11) is -5.02. The fourth-order valence-corrected chi connectivity index (χ4v) is 5.38. The molecule has 152 valence electrons. The first-order valence-electron chi connectivity index (χ1n) is 7.90. The van der Waals surface area contributed by atoms with Gasteiger partial charge in [0.1, 0.15) is 16.5 Å². The molecule has 0 bridgehead atoms. The van der Waals surface area contributed by atoms with Crippen molar-refractivity contribution in [2.24, 2.45) is 0 Å². The molecule has 0 heterocycles. The largest absolute Gasteiger partial charge is 0.506 e. The van der Waals surface area contributed by atoms with E-state index in [1.807, 2.05) is 0 Å². The maximum atomic E-state index is 12.9. The fraction of sp³-hybridized carbons (Fsp3) is 0.0526. The van der Waals surface area contributed by atoms with Crippen LogP contribution >= 0.6 is 46.4 Å². The van der Waals surface area contributed by atoms with Crippen molar-refractivity contribution < 1.29 is 23.2 Å². The summed E-state index contributed by atoms with van der Waals surface area (Å²) in [6.07, 6.45) is 0. The number of aromatic hydroxyl groups is 2. The van der Waals surface area contributed by atoms with Crippen LogP contribution in [0.15, 0.2) is 54.6 Å². The molecule has 1 unspecified atom stereocenters. The lowest BCUT2D eigenvalue weighted by molar-refractivity contribution is 0.455. The summed E-state index contributed by atoms with van der Waals surface area (Å²) in [4.78, 5) is 0. The average Bonchev–Trinajstić information content (AvgIpc) is 2.67. The van der Waals surface area contributed by atoms with E-state index in [1.54, 1.807) is 18.2 Å². The Morgan fingerprint density at radius 3 is 1.90 bits per heavy atom. The summed E-state index contributed by atoms with van der Waals surface area (Å²) in [5.41, 5.74) is -0.209. The van der Waals surface area contributed by atoms with Gasteiger partial charge in [0.05, 0.1) is 15.1 Å². The first kappa shape index (κ1) is 22.0. The monoisotopic (exact) mass is 492 g/mol. The summed E-state index contributed by atoms with van der Waals surface area (Å²) >= 11 is 24.4. The van der Waals surface area contributed by atoms with E-state index < -0.39 is 20.6 Å². The third kappa shape index (κ3) is 3.54. The van der Waals surface area contributed by atoms with Crippen LogP contribution in [0.2, 0.25) is 20.1 Å². The van der Waals surface area contributed by atoms with E-state index in [1.165, 1.54) is 30.3 Å². The number of phenolic OH excluding ortho intramolecular Hbond substituents is 2. The van der Waals surface area contributed by atoms with Gasteiger partial charge in [0.25, 0.3) is 10.1 Å². The Balaban J connectivity index is 2.60. The number of hydrogen-bond acceptors (Lipinski definition) is 4. The van der Waals surface area contributed by atoms with Crippen LogP contribution in [-0.2, 0) is 14.9 Å². The molecule has 0 radical (unpaired) electrons. The molecule has 3 aromatic rings. The highest BCUT2D eigenvalue weighted by Gasteiger charge is 2.50. The molecular weight excluding hydrogens is 482 g/mol. The van der Waals surface area contributed by atoms with E-state index >= 15 is 0 Å². The summed E-state index contributed by atoms with van der Waals surface area (Å²) in [5.74, 6) is -0.833. The van der Waals surface area contributed by atoms with Crippen LogP contribution < -0.4 is 0 Å². The Hall–Kier alpha value is -1.67. The van der Waals surface area contributed by atoms with Crippen molar-refractivity contribution in [3.63, 3.8) is 0 Å². The molecule has 0 amide bonds. The quantitative estimate of drug-likeness (QED) is 0.239. The van der Waals surface area contributed by atoms with E-state index in [0.717, 1.165) is 6.07 Å². The van der Waals surface area contributed by atoms with Crippen molar-refractivity contribution in [2.45, 2.75) is 4.75 Å². The van der Waals surface area contributed by atoms with Crippen molar-refractivity contribution in [2.75, 3.05) is 0 Å². The Labute approximate surface area is 186 Å². The van der Waals surface area contributed by atoms with Gasteiger partial charge in [-0.05, 0) is 29.3 Å². The van der Waals surface area contributed by atoms with Crippen molar-refractivity contribution in [3.05, 3.63) is 91.4 Å². The van der Waals surface area contributed by atoms with Gasteiger partial charge in [-0.3, -0.25) is 4.55 Å². The average molecular weight is 494 g/mol. The smallest absolute Gasteiger partial charge is 0.283 e. The zero-order chi connectivity index (χ0) is 21.6. The Morgan fingerprint density at radius 2 is 1.34 bits per heavy atom. The lowest BCUT2D eigenvalue weighted by atomic mass is 9.83. The minimum absolute atomic E-state index is 0.0475. The molecule has 0 aromatic heterocycles. The van der Waals surface area contributed by atoms with E-state index in [4.69, 9.17) is 46.4 Å². The highest BCUT2D eigenvalue weighted by molar-refractivity contribution is 7.87. The second-order valence-electron chi connectivity index (χ2n) is 6.07. The van der Waals surface area contributed by atoms with Gasteiger partial charge >= 0.3 is 0 Å². The SMILES string of the molecule is O=S(=O)(O)C(c1ccccc1)(c1ccc(O)c(Cl)c1)c1cc(O)c(Cl)c(Cl)c1Cl. The molecule has 3 rings (SSSR count). The zero-order valence-electron chi connectivity index (χ0n) is 14.3. The molecule has 3 aromatic carbocycles. The van der Waals surface area contributed by atoms with Crippen molar-refractivity contribution in [1.82, 2.24) is 0 Å². The molecule has 0 saturated heterocycles. The van der Waals surface area contributed by atoms with Crippen LogP contribution in [-0.4, -0.2) is 23.2 Å². The minimum atomic E-state index is -5.02. The number of benzene rings is 3. The van der Waals surface area contributed by atoms with Crippen molar-refractivity contribution in [3.8, 4) is 11.5 Å². The van der Waals surface area contributed by atoms with Gasteiger partial charge < -0.3 is 10.2 Å². The Morgan fingerprint density at radius 1 is 0.724 bits per heavy atom. The molecular formula is C19H12Cl4O5S. The third-order valence-electron chi connectivity index (χ3n) is 4.43. The molecule has 0 aliphatic rings. The van der Waals surface area contributed by atoms with Gasteiger partial charge in [-0.15, -0.1) is 0 Å². The molecule has 0 fully saturated rings. The number of rotatable bonds is 4. The van der Waals surface area contributed by atoms with E-state index in [2.05, 4.69) is 0 Å². The molecule has 5 nitrogen and oxygen atoms in total. The minimum Gasteiger partial charge on any atom is -0.506 e. The zero-order valence-corrected chi connectivity index (χ0v) is 18.1. The van der Waals surface area contributed by atoms with Gasteiger partial charge in [0, 0.05) is 5.56 Å². The fourth-order valence-electron chi connectivity index (χ4n) is 3.16. The standard InChI is InChI=1S/C19H12Cl4O5S/c20-13-8-11(6-7-14(13)24)19(29(26,27)28,10-4-2-1-3-5-10)12-9-15(25)17(22)18(23)16(12)21/h1-9,24-25H,(H,26,27,28). The maximum absolute atomic E-state index is 12.9. The van der Waals surface area contributed by atoms with Crippen molar-refractivity contribution >= 4 is 56.5 Å². The van der Waals surface area contributed by atoms with E-state index in [9.17, 15) is 23.2 Å². The molecule has 29 heavy (non-hydrogen) atoms. The highest BCUT2D eigenvalue weighted by atomic mass is 35.5. The van der Waals surface area contributed by atoms with Crippen LogP contribution in [0, 0.1) is 0 Å². The third-order valence-corrected chi connectivity index (χ3v) is 7.54. The Kier molecular flexibility index (Phi) is 5.98. The molecule has 0 spiro atoms. The highest BCUT2D eigenvalue weighted by Crippen LogP contribution is 2.51. The Bertz CT molecular complexity index is 1200. The normalized spacial score (nSPS) is 13.8. The molecule has 0 aliphatic heterocycles. The van der Waals surface area contributed by atoms with Gasteiger partial charge in [-0.2, -0.15) is 8.42 Å².